The van der Waals surface area contributed by atoms with E-state index in [1.807, 2.05) is 32.4 Å². The molecule has 0 aliphatic heterocycles. The fourth-order valence-corrected chi connectivity index (χ4v) is 1.92. The van der Waals surface area contributed by atoms with Crippen LogP contribution in [0.15, 0.2) is 0 Å². The van der Waals surface area contributed by atoms with Crippen molar-refractivity contribution in [3.05, 3.63) is 17.0 Å². The van der Waals surface area contributed by atoms with Gasteiger partial charge in [0.15, 0.2) is 0 Å². The van der Waals surface area contributed by atoms with Gasteiger partial charge in [-0.05, 0) is 40.7 Å². The summed E-state index contributed by atoms with van der Waals surface area (Å²) in [6.07, 6.45) is -0.617. The van der Waals surface area contributed by atoms with E-state index in [-0.39, 0.29) is 6.04 Å². The largest absolute Gasteiger partial charge is 0.330 e. The van der Waals surface area contributed by atoms with Crippen molar-refractivity contribution in [2.75, 3.05) is 6.54 Å². The maximum Gasteiger partial charge on any atom is 0.130 e. The summed E-state index contributed by atoms with van der Waals surface area (Å²) in [6, 6.07) is 0.266. The van der Waals surface area contributed by atoms with Crippen LogP contribution in [0.3, 0.4) is 0 Å². The number of aryl methyl sites for hydroxylation is 1. The van der Waals surface area contributed by atoms with Crippen LogP contribution in [0.2, 0.25) is 0 Å². The van der Waals surface area contributed by atoms with Crippen molar-refractivity contribution < 1.29 is 4.39 Å². The van der Waals surface area contributed by atoms with Crippen molar-refractivity contribution in [2.24, 2.45) is 5.73 Å². The minimum absolute atomic E-state index is 0.266. The van der Waals surface area contributed by atoms with E-state index in [2.05, 4.69) is 5.10 Å². The number of nitrogens with zero attached hydrogens (tertiary/aromatic N) is 2. The summed E-state index contributed by atoms with van der Waals surface area (Å²) < 4.78 is 15.7. The Labute approximate surface area is 90.5 Å². The van der Waals surface area contributed by atoms with Crippen LogP contribution in [-0.2, 0) is 0 Å². The van der Waals surface area contributed by atoms with Crippen molar-refractivity contribution >= 4 is 0 Å². The molecule has 0 bridgehead atoms. The van der Waals surface area contributed by atoms with Gasteiger partial charge in [0.2, 0.25) is 0 Å². The molecule has 2 N–H and O–H groups in total. The predicted molar refractivity (Wildman–Crippen MR) is 59.6 cm³/mol. The third kappa shape index (κ3) is 2.37. The topological polar surface area (TPSA) is 43.8 Å². The molecule has 0 amide bonds. The van der Waals surface area contributed by atoms with Gasteiger partial charge in [0, 0.05) is 17.3 Å². The van der Waals surface area contributed by atoms with Crippen molar-refractivity contribution in [2.45, 2.75) is 46.3 Å². The van der Waals surface area contributed by atoms with E-state index in [0.717, 1.165) is 11.4 Å². The summed E-state index contributed by atoms with van der Waals surface area (Å²) in [5.74, 6) is 0. The molecular formula is C11H20FN3. The van der Waals surface area contributed by atoms with Crippen LogP contribution in [0.5, 0.6) is 0 Å². The van der Waals surface area contributed by atoms with Gasteiger partial charge in [0.05, 0.1) is 5.69 Å². The molecule has 0 aromatic carbocycles. The first-order valence-electron chi connectivity index (χ1n) is 5.38. The zero-order chi connectivity index (χ0) is 11.6. The highest BCUT2D eigenvalue weighted by Crippen LogP contribution is 2.28. The molecule has 0 spiro atoms. The monoisotopic (exact) mass is 213 g/mol. The fourth-order valence-electron chi connectivity index (χ4n) is 1.92. The smallest absolute Gasteiger partial charge is 0.130 e. The van der Waals surface area contributed by atoms with Crippen molar-refractivity contribution in [3.8, 4) is 0 Å². The molecule has 0 fully saturated rings. The molecule has 3 nitrogen and oxygen atoms in total. The van der Waals surface area contributed by atoms with Gasteiger partial charge in [-0.1, -0.05) is 0 Å². The van der Waals surface area contributed by atoms with E-state index in [4.69, 9.17) is 5.73 Å². The van der Waals surface area contributed by atoms with E-state index < -0.39 is 6.17 Å². The highest BCUT2D eigenvalue weighted by atomic mass is 19.1. The van der Waals surface area contributed by atoms with Crippen molar-refractivity contribution in [1.29, 1.82) is 0 Å². The number of hydrogen-bond donors (Lipinski definition) is 1. The molecule has 0 saturated carbocycles. The molecule has 1 aromatic rings. The van der Waals surface area contributed by atoms with Gasteiger partial charge in [-0.25, -0.2) is 4.39 Å². The number of rotatable bonds is 4. The Bertz CT molecular complexity index is 331. The van der Waals surface area contributed by atoms with Gasteiger partial charge in [0.25, 0.3) is 0 Å². The molecular weight excluding hydrogens is 193 g/mol. The lowest BCUT2D eigenvalue weighted by Crippen LogP contribution is -2.07. The highest BCUT2D eigenvalue weighted by Gasteiger charge is 2.20. The lowest BCUT2D eigenvalue weighted by Gasteiger charge is -2.10. The molecule has 15 heavy (non-hydrogen) atoms. The van der Waals surface area contributed by atoms with Crippen LogP contribution in [0.1, 0.15) is 49.4 Å². The van der Waals surface area contributed by atoms with Crippen LogP contribution in [0.4, 0.5) is 4.39 Å². The lowest BCUT2D eigenvalue weighted by atomic mass is 10.1. The van der Waals surface area contributed by atoms with Gasteiger partial charge < -0.3 is 5.73 Å². The summed E-state index contributed by atoms with van der Waals surface area (Å²) in [5, 5.41) is 4.35. The normalized spacial score (nSPS) is 13.5. The van der Waals surface area contributed by atoms with Gasteiger partial charge in [-0.15, -0.1) is 0 Å². The Morgan fingerprint density at radius 2 is 2.00 bits per heavy atom. The molecule has 4 heteroatoms. The molecule has 1 atom stereocenters. The second-order valence-corrected chi connectivity index (χ2v) is 4.17. The van der Waals surface area contributed by atoms with Crippen LogP contribution in [0.25, 0.3) is 0 Å². The van der Waals surface area contributed by atoms with Crippen LogP contribution < -0.4 is 5.73 Å². The molecule has 1 unspecified atom stereocenters. The van der Waals surface area contributed by atoms with Gasteiger partial charge >= 0.3 is 0 Å². The minimum Gasteiger partial charge on any atom is -0.330 e. The second kappa shape index (κ2) is 4.75. The second-order valence-electron chi connectivity index (χ2n) is 4.17. The summed E-state index contributed by atoms with van der Waals surface area (Å²) >= 11 is 0. The van der Waals surface area contributed by atoms with Gasteiger partial charge in [-0.3, -0.25) is 4.68 Å². The Hall–Kier alpha value is -0.900. The summed E-state index contributed by atoms with van der Waals surface area (Å²) in [5.41, 5.74) is 7.78. The molecule has 1 rings (SSSR count). The molecule has 1 heterocycles. The minimum atomic E-state index is -0.984. The van der Waals surface area contributed by atoms with E-state index in [1.54, 1.807) is 0 Å². The number of alkyl halides is 1. The standard InChI is InChI=1S/C11H20FN3/c1-7(2)15-9(4)11(8(3)14-15)10(12)5-6-13/h7,10H,5-6,13H2,1-4H3. The average molecular weight is 213 g/mol. The number of hydrogen-bond acceptors (Lipinski definition) is 2. The number of halogens is 1. The van der Waals surface area contributed by atoms with Crippen molar-refractivity contribution in [1.82, 2.24) is 9.78 Å². The van der Waals surface area contributed by atoms with E-state index >= 15 is 0 Å². The Morgan fingerprint density at radius 3 is 2.40 bits per heavy atom. The molecule has 0 radical (unpaired) electrons. The Morgan fingerprint density at radius 1 is 1.40 bits per heavy atom. The number of nitrogens with two attached hydrogens (primary N) is 1. The van der Waals surface area contributed by atoms with E-state index in [1.165, 1.54) is 0 Å². The third-order valence-electron chi connectivity index (χ3n) is 2.60. The van der Waals surface area contributed by atoms with E-state index in [9.17, 15) is 4.39 Å². The first-order valence-corrected chi connectivity index (χ1v) is 5.38. The van der Waals surface area contributed by atoms with Crippen LogP contribution in [-0.4, -0.2) is 16.3 Å². The zero-order valence-electron chi connectivity index (χ0n) is 9.92. The lowest BCUT2D eigenvalue weighted by molar-refractivity contribution is 0.324. The van der Waals surface area contributed by atoms with Crippen LogP contribution in [0, 0.1) is 13.8 Å². The van der Waals surface area contributed by atoms with Gasteiger partial charge in [0.1, 0.15) is 6.17 Å². The SMILES string of the molecule is Cc1nn(C(C)C)c(C)c1C(F)CCN. The summed E-state index contributed by atoms with van der Waals surface area (Å²) in [7, 11) is 0. The third-order valence-corrected chi connectivity index (χ3v) is 2.60. The van der Waals surface area contributed by atoms with Gasteiger partial charge in [-0.2, -0.15) is 5.10 Å². The van der Waals surface area contributed by atoms with Crippen molar-refractivity contribution in [3.63, 3.8) is 0 Å². The summed E-state index contributed by atoms with van der Waals surface area (Å²) in [4.78, 5) is 0. The maximum atomic E-state index is 13.8. The molecule has 0 aliphatic carbocycles. The molecule has 86 valence electrons. The summed E-state index contributed by atoms with van der Waals surface area (Å²) in [6.45, 7) is 8.22. The van der Waals surface area contributed by atoms with Crippen LogP contribution >= 0.6 is 0 Å². The maximum absolute atomic E-state index is 13.8. The molecule has 0 aliphatic rings. The first kappa shape index (κ1) is 12.2. The predicted octanol–water partition coefficient (Wildman–Crippen LogP) is 2.44. The molecule has 1 aromatic heterocycles. The fraction of sp³-hybridized carbons (Fsp3) is 0.727. The average Bonchev–Trinajstić information content (AvgIpc) is 2.42. The highest BCUT2D eigenvalue weighted by molar-refractivity contribution is 5.27. The first-order chi connectivity index (χ1) is 6.99. The zero-order valence-corrected chi connectivity index (χ0v) is 9.92. The number of aromatic nitrogens is 2. The Balaban J connectivity index is 3.07. The Kier molecular flexibility index (Phi) is 3.85. The van der Waals surface area contributed by atoms with E-state index in [0.29, 0.717) is 18.5 Å². The quantitative estimate of drug-likeness (QED) is 0.834. The molecule has 0 saturated heterocycles.